The van der Waals surface area contributed by atoms with E-state index in [1.54, 1.807) is 24.9 Å². The molecule has 2 atom stereocenters. The predicted octanol–water partition coefficient (Wildman–Crippen LogP) is 1.80. The Hall–Kier alpha value is -2.45. The van der Waals surface area contributed by atoms with Gasteiger partial charge in [-0.2, -0.15) is 0 Å². The summed E-state index contributed by atoms with van der Waals surface area (Å²) in [5, 5.41) is 10.7. The van der Waals surface area contributed by atoms with Crippen molar-refractivity contribution in [2.24, 2.45) is 0 Å². The summed E-state index contributed by atoms with van der Waals surface area (Å²) in [4.78, 5) is 12.2. The van der Waals surface area contributed by atoms with Gasteiger partial charge in [-0.05, 0) is 31.9 Å². The molecule has 3 rings (SSSR count). The SMILES string of the molecule is COc1cccc(-n2cc(NC(=O)C(C)OCC3CCCO3)nn2)c1. The first-order valence-electron chi connectivity index (χ1n) is 8.26. The van der Waals surface area contributed by atoms with Crippen LogP contribution in [0.4, 0.5) is 5.82 Å². The molecule has 0 radical (unpaired) electrons. The summed E-state index contributed by atoms with van der Waals surface area (Å²) in [6, 6.07) is 7.40. The minimum atomic E-state index is -0.592. The maximum Gasteiger partial charge on any atom is 0.254 e. The van der Waals surface area contributed by atoms with Crippen molar-refractivity contribution in [3.8, 4) is 11.4 Å². The molecular weight excluding hydrogens is 324 g/mol. The van der Waals surface area contributed by atoms with Gasteiger partial charge in [-0.25, -0.2) is 4.68 Å². The molecule has 1 aliphatic rings. The molecule has 25 heavy (non-hydrogen) atoms. The molecule has 0 aliphatic carbocycles. The van der Waals surface area contributed by atoms with Crippen LogP contribution in [-0.2, 0) is 14.3 Å². The molecule has 2 aromatic rings. The van der Waals surface area contributed by atoms with E-state index in [0.717, 1.165) is 30.9 Å². The van der Waals surface area contributed by atoms with Gasteiger partial charge in [0.15, 0.2) is 5.82 Å². The Morgan fingerprint density at radius 3 is 3.16 bits per heavy atom. The van der Waals surface area contributed by atoms with E-state index in [9.17, 15) is 4.79 Å². The number of hydrogen-bond donors (Lipinski definition) is 1. The number of nitrogens with one attached hydrogen (secondary N) is 1. The molecular formula is C17H22N4O4. The molecule has 8 nitrogen and oxygen atoms in total. The molecule has 1 aromatic heterocycles. The lowest BCUT2D eigenvalue weighted by atomic mass is 10.2. The highest BCUT2D eigenvalue weighted by Gasteiger charge is 2.20. The van der Waals surface area contributed by atoms with Crippen molar-refractivity contribution >= 4 is 11.7 Å². The zero-order valence-corrected chi connectivity index (χ0v) is 14.3. The fraction of sp³-hybridized carbons (Fsp3) is 0.471. The van der Waals surface area contributed by atoms with Crippen molar-refractivity contribution in [3.05, 3.63) is 30.5 Å². The van der Waals surface area contributed by atoms with Crippen molar-refractivity contribution in [2.45, 2.75) is 32.0 Å². The highest BCUT2D eigenvalue weighted by atomic mass is 16.5. The van der Waals surface area contributed by atoms with Gasteiger partial charge in [0, 0.05) is 12.7 Å². The highest BCUT2D eigenvalue weighted by molar-refractivity contribution is 5.92. The largest absolute Gasteiger partial charge is 0.497 e. The molecule has 1 fully saturated rings. The first-order valence-corrected chi connectivity index (χ1v) is 8.26. The third-order valence-corrected chi connectivity index (χ3v) is 3.99. The Balaban J connectivity index is 1.55. The minimum Gasteiger partial charge on any atom is -0.497 e. The lowest BCUT2D eigenvalue weighted by Crippen LogP contribution is -2.30. The number of nitrogens with zero attached hydrogens (tertiary/aromatic N) is 3. The lowest BCUT2D eigenvalue weighted by Gasteiger charge is -2.15. The average Bonchev–Trinajstić information content (AvgIpc) is 3.31. The monoisotopic (exact) mass is 346 g/mol. The number of benzene rings is 1. The summed E-state index contributed by atoms with van der Waals surface area (Å²) < 4.78 is 17.8. The third kappa shape index (κ3) is 4.55. The number of carbonyl (C=O) groups is 1. The summed E-state index contributed by atoms with van der Waals surface area (Å²) in [5.74, 6) is 0.811. The smallest absolute Gasteiger partial charge is 0.254 e. The van der Waals surface area contributed by atoms with Crippen LogP contribution in [0.1, 0.15) is 19.8 Å². The Labute approximate surface area is 146 Å². The Morgan fingerprint density at radius 2 is 2.40 bits per heavy atom. The fourth-order valence-corrected chi connectivity index (χ4v) is 2.53. The number of methoxy groups -OCH3 is 1. The number of rotatable bonds is 7. The average molecular weight is 346 g/mol. The van der Waals surface area contributed by atoms with E-state index in [4.69, 9.17) is 14.2 Å². The minimum absolute atomic E-state index is 0.0872. The Bertz CT molecular complexity index is 712. The van der Waals surface area contributed by atoms with E-state index in [-0.39, 0.29) is 12.0 Å². The van der Waals surface area contributed by atoms with E-state index in [1.165, 1.54) is 0 Å². The molecule has 2 heterocycles. The summed E-state index contributed by atoms with van der Waals surface area (Å²) in [5.41, 5.74) is 0.787. The zero-order valence-electron chi connectivity index (χ0n) is 14.3. The second kappa shape index (κ2) is 8.09. The highest BCUT2D eigenvalue weighted by Crippen LogP contribution is 2.17. The molecule has 1 saturated heterocycles. The van der Waals surface area contributed by atoms with Crippen LogP contribution in [0.15, 0.2) is 30.5 Å². The summed E-state index contributed by atoms with van der Waals surface area (Å²) in [6.07, 6.45) is 3.15. The van der Waals surface area contributed by atoms with Crippen molar-refractivity contribution in [1.29, 1.82) is 0 Å². The van der Waals surface area contributed by atoms with Crippen molar-refractivity contribution in [1.82, 2.24) is 15.0 Å². The molecule has 2 unspecified atom stereocenters. The maximum absolute atomic E-state index is 12.2. The predicted molar refractivity (Wildman–Crippen MR) is 90.9 cm³/mol. The van der Waals surface area contributed by atoms with Crippen molar-refractivity contribution in [3.63, 3.8) is 0 Å². The van der Waals surface area contributed by atoms with Gasteiger partial charge >= 0.3 is 0 Å². The van der Waals surface area contributed by atoms with E-state index in [2.05, 4.69) is 15.6 Å². The van der Waals surface area contributed by atoms with Crippen molar-refractivity contribution < 1.29 is 19.0 Å². The van der Waals surface area contributed by atoms with Crippen LogP contribution in [0.5, 0.6) is 5.75 Å². The summed E-state index contributed by atoms with van der Waals surface area (Å²) in [7, 11) is 1.60. The number of carbonyl (C=O) groups excluding carboxylic acids is 1. The molecule has 8 heteroatoms. The number of hydrogen-bond acceptors (Lipinski definition) is 6. The summed E-state index contributed by atoms with van der Waals surface area (Å²) >= 11 is 0. The topological polar surface area (TPSA) is 87.5 Å². The van der Waals surface area contributed by atoms with Crippen LogP contribution in [-0.4, -0.2) is 53.4 Å². The zero-order chi connectivity index (χ0) is 17.6. The van der Waals surface area contributed by atoms with Crippen LogP contribution in [0.2, 0.25) is 0 Å². The van der Waals surface area contributed by atoms with Gasteiger partial charge in [-0.15, -0.1) is 5.10 Å². The van der Waals surface area contributed by atoms with Gasteiger partial charge in [0.2, 0.25) is 0 Å². The van der Waals surface area contributed by atoms with E-state index in [1.807, 2.05) is 24.3 Å². The van der Waals surface area contributed by atoms with Crippen LogP contribution < -0.4 is 10.1 Å². The second-order valence-electron chi connectivity index (χ2n) is 5.85. The van der Waals surface area contributed by atoms with E-state index >= 15 is 0 Å². The Kier molecular flexibility index (Phi) is 5.62. The van der Waals surface area contributed by atoms with Gasteiger partial charge in [0.05, 0.1) is 31.7 Å². The second-order valence-corrected chi connectivity index (χ2v) is 5.85. The normalized spacial score (nSPS) is 18.1. The molecule has 0 saturated carbocycles. The molecule has 134 valence electrons. The quantitative estimate of drug-likeness (QED) is 0.822. The van der Waals surface area contributed by atoms with E-state index in [0.29, 0.717) is 12.4 Å². The summed E-state index contributed by atoms with van der Waals surface area (Å²) in [6.45, 7) is 2.89. The number of anilines is 1. The molecule has 1 aromatic carbocycles. The van der Waals surface area contributed by atoms with Gasteiger partial charge in [0.25, 0.3) is 5.91 Å². The Morgan fingerprint density at radius 1 is 1.52 bits per heavy atom. The molecule has 1 N–H and O–H groups in total. The molecule has 0 bridgehead atoms. The number of aromatic nitrogens is 3. The van der Waals surface area contributed by atoms with Gasteiger partial charge in [-0.3, -0.25) is 4.79 Å². The van der Waals surface area contributed by atoms with Gasteiger partial charge in [0.1, 0.15) is 11.9 Å². The maximum atomic E-state index is 12.2. The van der Waals surface area contributed by atoms with Gasteiger partial charge < -0.3 is 19.5 Å². The first-order chi connectivity index (χ1) is 12.2. The number of ether oxygens (including phenoxy) is 3. The number of amides is 1. The first kappa shape index (κ1) is 17.4. The van der Waals surface area contributed by atoms with Crippen LogP contribution in [0, 0.1) is 0 Å². The standard InChI is InChI=1S/C17H22N4O4/c1-12(25-11-15-7-4-8-24-15)17(22)18-16-10-21(20-19-16)13-5-3-6-14(9-13)23-2/h3,5-6,9-10,12,15H,4,7-8,11H2,1-2H3,(H,18,22). The van der Waals surface area contributed by atoms with Crippen LogP contribution in [0.25, 0.3) is 5.69 Å². The fourth-order valence-electron chi connectivity index (χ4n) is 2.53. The third-order valence-electron chi connectivity index (χ3n) is 3.99. The molecule has 1 amide bonds. The van der Waals surface area contributed by atoms with Crippen LogP contribution >= 0.6 is 0 Å². The van der Waals surface area contributed by atoms with E-state index < -0.39 is 6.10 Å². The van der Waals surface area contributed by atoms with Gasteiger partial charge in [-0.1, -0.05) is 11.3 Å². The lowest BCUT2D eigenvalue weighted by molar-refractivity contribution is -0.128. The van der Waals surface area contributed by atoms with Crippen molar-refractivity contribution in [2.75, 3.05) is 25.6 Å². The molecule has 1 aliphatic heterocycles. The van der Waals surface area contributed by atoms with Crippen LogP contribution in [0.3, 0.4) is 0 Å². The molecule has 0 spiro atoms.